The maximum atomic E-state index is 14.5. The van der Waals surface area contributed by atoms with Crippen molar-refractivity contribution in [1.29, 1.82) is 0 Å². The summed E-state index contributed by atoms with van der Waals surface area (Å²) < 4.78 is 39.5. The molecule has 3 N–H and O–H groups in total. The second kappa shape index (κ2) is 16.7. The highest BCUT2D eigenvalue weighted by molar-refractivity contribution is 5.97. The number of esters is 1. The van der Waals surface area contributed by atoms with Crippen LogP contribution in [0.5, 0.6) is 0 Å². The molecule has 0 saturated carbocycles. The summed E-state index contributed by atoms with van der Waals surface area (Å²) in [6, 6.07) is -4.44. The van der Waals surface area contributed by atoms with E-state index in [1.54, 1.807) is 20.8 Å². The normalized spacial score (nSPS) is 27.7. The smallest absolute Gasteiger partial charge is 0.408 e. The van der Waals surface area contributed by atoms with Crippen molar-refractivity contribution < 1.29 is 51.8 Å². The van der Waals surface area contributed by atoms with Gasteiger partial charge in [0.1, 0.15) is 59.6 Å². The van der Waals surface area contributed by atoms with Crippen LogP contribution in [0.3, 0.4) is 0 Å². The minimum absolute atomic E-state index is 0.0121. The zero-order valence-corrected chi connectivity index (χ0v) is 31.3. The number of hydrogen-bond acceptors (Lipinski definition) is 9. The molecule has 4 aliphatic rings. The molecule has 0 aromatic heterocycles. The third kappa shape index (κ3) is 9.45. The number of piperidine rings is 1. The number of amides is 6. The Kier molecular flexibility index (Phi) is 12.5. The molecular weight excluding hydrogens is 710 g/mol. The molecule has 0 bridgehead atoms. The molecule has 17 heteroatoms. The summed E-state index contributed by atoms with van der Waals surface area (Å²) >= 11 is 0. The Balaban J connectivity index is 1.50. The first-order valence-electron chi connectivity index (χ1n) is 18.6. The van der Waals surface area contributed by atoms with Gasteiger partial charge in [-0.05, 0) is 97.3 Å². The summed E-state index contributed by atoms with van der Waals surface area (Å²) in [4.78, 5) is 101. The van der Waals surface area contributed by atoms with Crippen molar-refractivity contribution in [3.8, 4) is 0 Å². The first-order chi connectivity index (χ1) is 25.4. The fraction of sp³-hybridized carbons (Fsp3) is 0.649. The van der Waals surface area contributed by atoms with Gasteiger partial charge in [0.05, 0.1) is 0 Å². The summed E-state index contributed by atoms with van der Waals surface area (Å²) in [5, 5.41) is 7.75. The van der Waals surface area contributed by atoms with Crippen LogP contribution in [0.4, 0.5) is 13.6 Å². The monoisotopic (exact) mass is 760 g/mol. The molecule has 296 valence electrons. The van der Waals surface area contributed by atoms with E-state index in [2.05, 4.69) is 16.0 Å². The third-order valence-corrected chi connectivity index (χ3v) is 10.2. The first kappa shape index (κ1) is 40.4. The van der Waals surface area contributed by atoms with Crippen molar-refractivity contribution in [2.24, 2.45) is 0 Å². The van der Waals surface area contributed by atoms with Crippen LogP contribution in [0.2, 0.25) is 0 Å². The van der Waals surface area contributed by atoms with Crippen LogP contribution in [0.25, 0.3) is 0 Å². The van der Waals surface area contributed by atoms with Gasteiger partial charge in [-0.15, -0.1) is 0 Å². The molecule has 4 saturated heterocycles. The topological polar surface area (TPSA) is 184 Å². The van der Waals surface area contributed by atoms with Gasteiger partial charge >= 0.3 is 12.1 Å². The molecular formula is C37H50F2N6O9. The summed E-state index contributed by atoms with van der Waals surface area (Å²) in [6.45, 7) is 8.31. The van der Waals surface area contributed by atoms with Crippen molar-refractivity contribution in [3.63, 3.8) is 0 Å². The zero-order chi connectivity index (χ0) is 39.5. The molecule has 7 atom stereocenters. The fourth-order valence-corrected chi connectivity index (χ4v) is 7.61. The number of carbonyl (C=O) groups excluding carboxylic acids is 7. The predicted octanol–water partition coefficient (Wildman–Crippen LogP) is 1.70. The maximum Gasteiger partial charge on any atom is 0.408 e. The molecule has 0 radical (unpaired) electrons. The molecule has 54 heavy (non-hydrogen) atoms. The minimum atomic E-state index is -1.61. The molecule has 4 heterocycles. The van der Waals surface area contributed by atoms with Gasteiger partial charge in [0.15, 0.2) is 0 Å². The van der Waals surface area contributed by atoms with Gasteiger partial charge in [0.25, 0.3) is 0 Å². The average molecular weight is 761 g/mol. The molecule has 1 aromatic carbocycles. The van der Waals surface area contributed by atoms with Crippen molar-refractivity contribution in [2.45, 2.75) is 134 Å². The Labute approximate surface area is 312 Å². The maximum absolute atomic E-state index is 14.5. The molecule has 4 aliphatic heterocycles. The molecule has 15 nitrogen and oxygen atoms in total. The van der Waals surface area contributed by atoms with Crippen molar-refractivity contribution in [3.05, 3.63) is 35.4 Å². The standard InChI is InChI=1S/C37H50F2N6O9/c1-20-32(48)45-15-9-12-28(45)35(51)53-21(2)29(34(50)44-14-8-11-27(44)33(49)43-13-7-6-10-26(43)31(47)40-20)42-30(46)25(41-36(52)54-37(3,4)5)18-22-16-23(38)19-24(39)17-22/h16-17,19-21,25-29H,6-15,18H2,1-5H3,(H,40,47)(H,41,52)(H,42,46)/t20-,21-,25-,26-,27-,28-,29-/m0/s1. The SMILES string of the molecule is C[C@@H]1NC(=O)[C@@H]2CCCCN2C(=O)[C@@H]2CCCN2C(=O)[C@@H](NC(=O)[C@H](Cc2cc(F)cc(F)c2)NC(=O)OC(C)(C)C)[C@H](C)OC(=O)[C@@H]2CCCN2C1=O. The van der Waals surface area contributed by atoms with E-state index >= 15 is 0 Å². The largest absolute Gasteiger partial charge is 0.458 e. The lowest BCUT2D eigenvalue weighted by Gasteiger charge is -2.39. The van der Waals surface area contributed by atoms with E-state index in [4.69, 9.17) is 9.47 Å². The van der Waals surface area contributed by atoms with Gasteiger partial charge in [0, 0.05) is 32.1 Å². The van der Waals surface area contributed by atoms with Crippen LogP contribution in [0.1, 0.15) is 85.1 Å². The number of carbonyl (C=O) groups is 7. The highest BCUT2D eigenvalue weighted by Crippen LogP contribution is 2.27. The van der Waals surface area contributed by atoms with Crippen LogP contribution >= 0.6 is 0 Å². The van der Waals surface area contributed by atoms with Gasteiger partial charge < -0.3 is 40.1 Å². The van der Waals surface area contributed by atoms with E-state index in [-0.39, 0.29) is 38.0 Å². The van der Waals surface area contributed by atoms with Crippen molar-refractivity contribution >= 4 is 41.6 Å². The van der Waals surface area contributed by atoms with E-state index < -0.39 is 108 Å². The predicted molar refractivity (Wildman–Crippen MR) is 187 cm³/mol. The number of rotatable bonds is 5. The number of nitrogens with one attached hydrogen (secondary N) is 3. The van der Waals surface area contributed by atoms with Gasteiger partial charge in [-0.1, -0.05) is 0 Å². The second-order valence-electron chi connectivity index (χ2n) is 15.5. The summed E-state index contributed by atoms with van der Waals surface area (Å²) in [6.07, 6.45) is 0.286. The number of hydrogen-bond donors (Lipinski definition) is 3. The van der Waals surface area contributed by atoms with Gasteiger partial charge in [0.2, 0.25) is 29.5 Å². The lowest BCUT2D eigenvalue weighted by Crippen LogP contribution is -2.63. The van der Waals surface area contributed by atoms with Crippen LogP contribution in [0, 0.1) is 11.6 Å². The molecule has 6 amide bonds. The third-order valence-electron chi connectivity index (χ3n) is 10.2. The van der Waals surface area contributed by atoms with Gasteiger partial charge in [-0.3, -0.25) is 24.0 Å². The van der Waals surface area contributed by atoms with Crippen LogP contribution < -0.4 is 16.0 Å². The summed E-state index contributed by atoms with van der Waals surface area (Å²) in [5.74, 6) is -5.87. The number of halogens is 2. The Bertz CT molecular complexity index is 1630. The molecule has 0 aliphatic carbocycles. The van der Waals surface area contributed by atoms with Crippen LogP contribution in [0.15, 0.2) is 18.2 Å². The Morgan fingerprint density at radius 3 is 2.06 bits per heavy atom. The number of benzene rings is 1. The molecule has 1 aromatic rings. The van der Waals surface area contributed by atoms with Crippen LogP contribution in [-0.2, 0) is 44.7 Å². The Morgan fingerprint density at radius 1 is 0.833 bits per heavy atom. The lowest BCUT2D eigenvalue weighted by molar-refractivity contribution is -0.163. The summed E-state index contributed by atoms with van der Waals surface area (Å²) in [7, 11) is 0. The number of alkyl carbamates (subject to hydrolysis) is 1. The Hall–Kier alpha value is -4.83. The minimum Gasteiger partial charge on any atom is -0.458 e. The van der Waals surface area contributed by atoms with E-state index in [1.807, 2.05) is 0 Å². The highest BCUT2D eigenvalue weighted by Gasteiger charge is 2.47. The first-order valence-corrected chi connectivity index (χ1v) is 18.6. The van der Waals surface area contributed by atoms with Crippen LogP contribution in [-0.4, -0.2) is 124 Å². The molecule has 5 rings (SSSR count). The number of nitrogens with zero attached hydrogens (tertiary/aromatic N) is 3. The quantitative estimate of drug-likeness (QED) is 0.376. The zero-order valence-electron chi connectivity index (χ0n) is 31.3. The van der Waals surface area contributed by atoms with Gasteiger partial charge in [-0.2, -0.15) is 0 Å². The van der Waals surface area contributed by atoms with E-state index in [0.717, 1.165) is 12.1 Å². The van der Waals surface area contributed by atoms with Crippen molar-refractivity contribution in [2.75, 3.05) is 19.6 Å². The van der Waals surface area contributed by atoms with E-state index in [0.29, 0.717) is 38.2 Å². The second-order valence-corrected chi connectivity index (χ2v) is 15.5. The van der Waals surface area contributed by atoms with E-state index in [1.165, 1.54) is 28.5 Å². The summed E-state index contributed by atoms with van der Waals surface area (Å²) in [5.41, 5.74) is -0.964. The highest BCUT2D eigenvalue weighted by atomic mass is 19.1. The van der Waals surface area contributed by atoms with Gasteiger partial charge in [-0.25, -0.2) is 18.4 Å². The number of ether oxygens (including phenoxy) is 2. The molecule has 0 unspecified atom stereocenters. The van der Waals surface area contributed by atoms with E-state index in [9.17, 15) is 42.3 Å². The number of fused-ring (bicyclic) bond motifs is 3. The number of cyclic esters (lactones) is 1. The van der Waals surface area contributed by atoms with Crippen molar-refractivity contribution in [1.82, 2.24) is 30.7 Å². The fourth-order valence-electron chi connectivity index (χ4n) is 7.61. The molecule has 0 spiro atoms. The average Bonchev–Trinajstić information content (AvgIpc) is 3.78. The molecule has 4 fully saturated rings. The lowest BCUT2D eigenvalue weighted by atomic mass is 9.99. The Morgan fingerprint density at radius 2 is 1.41 bits per heavy atom.